The second-order valence-electron chi connectivity index (χ2n) is 4.83. The van der Waals surface area contributed by atoms with Crippen molar-refractivity contribution in [2.45, 2.75) is 12.8 Å². The summed E-state index contributed by atoms with van der Waals surface area (Å²) in [5, 5.41) is 8.46. The number of halogens is 1. The monoisotopic (exact) mass is 284 g/mol. The van der Waals surface area contributed by atoms with Gasteiger partial charge in [-0.05, 0) is 36.8 Å². The summed E-state index contributed by atoms with van der Waals surface area (Å²) < 4.78 is 0. The van der Waals surface area contributed by atoms with Gasteiger partial charge in [0.2, 0.25) is 5.91 Å². The van der Waals surface area contributed by atoms with Gasteiger partial charge in [0.05, 0.1) is 11.4 Å². The molecule has 3 rings (SSSR count). The van der Waals surface area contributed by atoms with Crippen LogP contribution in [0.4, 0.5) is 11.4 Å². The summed E-state index contributed by atoms with van der Waals surface area (Å²) >= 11 is 6.02. The van der Waals surface area contributed by atoms with Gasteiger partial charge in [-0.1, -0.05) is 35.9 Å². The minimum Gasteiger partial charge on any atom is -0.309 e. The maximum absolute atomic E-state index is 12.7. The number of anilines is 2. The Morgan fingerprint density at radius 3 is 2.65 bits per heavy atom. The van der Waals surface area contributed by atoms with Crippen LogP contribution in [0.5, 0.6) is 0 Å². The van der Waals surface area contributed by atoms with Crippen LogP contribution in [0.15, 0.2) is 48.5 Å². The fourth-order valence-electron chi connectivity index (χ4n) is 2.62. The third kappa shape index (κ3) is 1.91. The van der Waals surface area contributed by atoms with Gasteiger partial charge < -0.3 is 5.41 Å². The first-order valence-electron chi connectivity index (χ1n) is 6.33. The van der Waals surface area contributed by atoms with Crippen molar-refractivity contribution in [3.63, 3.8) is 0 Å². The fourth-order valence-corrected chi connectivity index (χ4v) is 2.80. The molecule has 4 heteroatoms. The van der Waals surface area contributed by atoms with Gasteiger partial charge in [-0.3, -0.25) is 9.69 Å². The molecule has 1 aliphatic heterocycles. The number of amides is 1. The van der Waals surface area contributed by atoms with E-state index in [0.717, 1.165) is 16.9 Å². The SMILES string of the molecule is CC(=N)C1C(=O)N(c2cccc(Cl)c2)c2ccccc21. The lowest BCUT2D eigenvalue weighted by Gasteiger charge is -2.18. The van der Waals surface area contributed by atoms with Crippen molar-refractivity contribution in [1.29, 1.82) is 5.41 Å². The average molecular weight is 285 g/mol. The van der Waals surface area contributed by atoms with Crippen LogP contribution in [-0.2, 0) is 4.79 Å². The molecule has 0 saturated carbocycles. The van der Waals surface area contributed by atoms with E-state index in [4.69, 9.17) is 17.0 Å². The summed E-state index contributed by atoms with van der Waals surface area (Å²) in [4.78, 5) is 14.3. The van der Waals surface area contributed by atoms with Crippen molar-refractivity contribution in [1.82, 2.24) is 0 Å². The molecule has 0 bridgehead atoms. The molecule has 0 spiro atoms. The van der Waals surface area contributed by atoms with E-state index < -0.39 is 5.92 Å². The second-order valence-corrected chi connectivity index (χ2v) is 5.26. The standard InChI is InChI=1S/C16H13ClN2O/c1-10(18)15-13-7-2-3-8-14(13)19(16(15)20)12-6-4-5-11(17)9-12/h2-9,15,18H,1H3. The number of carbonyl (C=O) groups excluding carboxylic acids is 1. The third-order valence-electron chi connectivity index (χ3n) is 3.46. The zero-order valence-electron chi connectivity index (χ0n) is 10.9. The smallest absolute Gasteiger partial charge is 0.244 e. The number of rotatable bonds is 2. The predicted octanol–water partition coefficient (Wildman–Crippen LogP) is 4.14. The minimum atomic E-state index is -0.495. The molecule has 2 aromatic rings. The van der Waals surface area contributed by atoms with Crippen molar-refractivity contribution in [3.8, 4) is 0 Å². The maximum Gasteiger partial charge on any atom is 0.244 e. The van der Waals surface area contributed by atoms with Crippen molar-refractivity contribution < 1.29 is 4.79 Å². The lowest BCUT2D eigenvalue weighted by Crippen LogP contribution is -2.26. The van der Waals surface area contributed by atoms with Crippen LogP contribution in [0.2, 0.25) is 5.02 Å². The van der Waals surface area contributed by atoms with E-state index in [2.05, 4.69) is 0 Å². The number of fused-ring (bicyclic) bond motifs is 1. The van der Waals surface area contributed by atoms with Crippen LogP contribution in [0.25, 0.3) is 0 Å². The predicted molar refractivity (Wildman–Crippen MR) is 81.2 cm³/mol. The molecule has 1 atom stereocenters. The van der Waals surface area contributed by atoms with Gasteiger partial charge in [-0.25, -0.2) is 0 Å². The molecule has 0 aliphatic carbocycles. The van der Waals surface area contributed by atoms with E-state index in [1.165, 1.54) is 0 Å². The molecule has 1 heterocycles. The number of nitrogens with zero attached hydrogens (tertiary/aromatic N) is 1. The number of hydrogen-bond donors (Lipinski definition) is 1. The Labute approximate surface area is 122 Å². The van der Waals surface area contributed by atoms with E-state index in [1.54, 1.807) is 24.0 Å². The third-order valence-corrected chi connectivity index (χ3v) is 3.69. The summed E-state index contributed by atoms with van der Waals surface area (Å²) in [5.74, 6) is -0.592. The molecule has 3 nitrogen and oxygen atoms in total. The lowest BCUT2D eigenvalue weighted by atomic mass is 9.97. The Morgan fingerprint density at radius 2 is 1.95 bits per heavy atom. The highest BCUT2D eigenvalue weighted by atomic mass is 35.5. The molecule has 0 fully saturated rings. The molecule has 0 aromatic heterocycles. The van der Waals surface area contributed by atoms with Crippen LogP contribution < -0.4 is 4.90 Å². The van der Waals surface area contributed by atoms with Crippen LogP contribution in [0.1, 0.15) is 18.4 Å². The Bertz CT molecular complexity index is 711. The largest absolute Gasteiger partial charge is 0.309 e. The molecule has 1 N–H and O–H groups in total. The molecule has 1 amide bonds. The second kappa shape index (κ2) is 4.76. The topological polar surface area (TPSA) is 44.2 Å². The van der Waals surface area contributed by atoms with Gasteiger partial charge >= 0.3 is 0 Å². The van der Waals surface area contributed by atoms with Crippen LogP contribution in [0, 0.1) is 5.41 Å². The number of nitrogens with one attached hydrogen (secondary N) is 1. The summed E-state index contributed by atoms with van der Waals surface area (Å²) in [7, 11) is 0. The maximum atomic E-state index is 12.7. The van der Waals surface area contributed by atoms with E-state index in [-0.39, 0.29) is 5.91 Å². The highest BCUT2D eigenvalue weighted by Gasteiger charge is 2.39. The highest BCUT2D eigenvalue weighted by Crippen LogP contribution is 2.42. The van der Waals surface area contributed by atoms with Gasteiger partial charge in [0.25, 0.3) is 0 Å². The van der Waals surface area contributed by atoms with Crippen molar-refractivity contribution in [2.75, 3.05) is 4.90 Å². The molecular formula is C16H13ClN2O. The summed E-state index contributed by atoms with van der Waals surface area (Å²) in [6, 6.07) is 14.8. The van der Waals surface area contributed by atoms with E-state index in [0.29, 0.717) is 10.7 Å². The zero-order chi connectivity index (χ0) is 14.3. The Kier molecular flexibility index (Phi) is 3.07. The number of para-hydroxylation sites is 1. The first-order valence-corrected chi connectivity index (χ1v) is 6.71. The zero-order valence-corrected chi connectivity index (χ0v) is 11.7. The van der Waals surface area contributed by atoms with Gasteiger partial charge in [0.15, 0.2) is 0 Å². The number of benzene rings is 2. The normalized spacial score (nSPS) is 17.2. The summed E-state index contributed by atoms with van der Waals surface area (Å²) in [5.41, 5.74) is 2.80. The molecule has 2 aromatic carbocycles. The molecule has 100 valence electrons. The van der Waals surface area contributed by atoms with E-state index in [9.17, 15) is 4.79 Å². The molecule has 1 unspecified atom stereocenters. The van der Waals surface area contributed by atoms with Crippen LogP contribution in [-0.4, -0.2) is 11.6 Å². The fraction of sp³-hybridized carbons (Fsp3) is 0.125. The Balaban J connectivity index is 2.18. The van der Waals surface area contributed by atoms with Gasteiger partial charge in [-0.15, -0.1) is 0 Å². The molecule has 0 radical (unpaired) electrons. The number of carbonyl (C=O) groups is 1. The minimum absolute atomic E-state index is 0.0963. The van der Waals surface area contributed by atoms with Crippen molar-refractivity contribution in [2.24, 2.45) is 0 Å². The highest BCUT2D eigenvalue weighted by molar-refractivity contribution is 6.31. The molecule has 20 heavy (non-hydrogen) atoms. The van der Waals surface area contributed by atoms with Gasteiger partial charge in [0, 0.05) is 10.7 Å². The average Bonchev–Trinajstić information content (AvgIpc) is 2.70. The number of hydrogen-bond acceptors (Lipinski definition) is 2. The van der Waals surface area contributed by atoms with E-state index in [1.807, 2.05) is 36.4 Å². The van der Waals surface area contributed by atoms with Gasteiger partial charge in [0.1, 0.15) is 5.92 Å². The Morgan fingerprint density at radius 1 is 1.20 bits per heavy atom. The van der Waals surface area contributed by atoms with Gasteiger partial charge in [-0.2, -0.15) is 0 Å². The van der Waals surface area contributed by atoms with Crippen LogP contribution in [0.3, 0.4) is 0 Å². The van der Waals surface area contributed by atoms with E-state index >= 15 is 0 Å². The summed E-state index contributed by atoms with van der Waals surface area (Å²) in [6.07, 6.45) is 0. The quantitative estimate of drug-likeness (QED) is 0.828. The van der Waals surface area contributed by atoms with Crippen molar-refractivity contribution in [3.05, 3.63) is 59.1 Å². The van der Waals surface area contributed by atoms with Crippen molar-refractivity contribution >= 4 is 34.6 Å². The lowest BCUT2D eigenvalue weighted by molar-refractivity contribution is -0.117. The molecule has 1 aliphatic rings. The van der Waals surface area contributed by atoms with Crippen LogP contribution >= 0.6 is 11.6 Å². The molecule has 0 saturated heterocycles. The first kappa shape index (κ1) is 12.9. The molecular weight excluding hydrogens is 272 g/mol. The summed E-state index contributed by atoms with van der Waals surface area (Å²) in [6.45, 7) is 1.67. The first-order chi connectivity index (χ1) is 9.59. The Hall–Kier alpha value is -2.13.